The highest BCUT2D eigenvalue weighted by atomic mass is 19.1. The van der Waals surface area contributed by atoms with Crippen LogP contribution in [0.5, 0.6) is 0 Å². The van der Waals surface area contributed by atoms with Gasteiger partial charge in [-0.05, 0) is 49.2 Å². The molecule has 3 rings (SSSR count). The molecule has 1 aromatic carbocycles. The number of carbonyl (C=O) groups is 1. The molecule has 2 aromatic rings. The van der Waals surface area contributed by atoms with Gasteiger partial charge in [-0.1, -0.05) is 0 Å². The Labute approximate surface area is 152 Å². The van der Waals surface area contributed by atoms with Crippen LogP contribution >= 0.6 is 0 Å². The molecule has 1 N–H and O–H groups in total. The maximum atomic E-state index is 13.0. The van der Waals surface area contributed by atoms with Crippen molar-refractivity contribution in [1.29, 1.82) is 0 Å². The Bertz CT molecular complexity index is 713. The molecule has 0 unspecified atom stereocenters. The second-order valence-electron chi connectivity index (χ2n) is 6.35. The van der Waals surface area contributed by atoms with Crippen LogP contribution in [0.15, 0.2) is 36.4 Å². The first kappa shape index (κ1) is 18.3. The molecule has 26 heavy (non-hydrogen) atoms. The van der Waals surface area contributed by atoms with Gasteiger partial charge >= 0.3 is 0 Å². The fourth-order valence-electron chi connectivity index (χ4n) is 3.01. The maximum Gasteiger partial charge on any atom is 0.224 e. The Kier molecular flexibility index (Phi) is 6.12. The van der Waals surface area contributed by atoms with Gasteiger partial charge in [-0.3, -0.25) is 4.79 Å². The summed E-state index contributed by atoms with van der Waals surface area (Å²) in [7, 11) is 1.60. The summed E-state index contributed by atoms with van der Waals surface area (Å²) in [5.41, 5.74) is 1.53. The first-order valence-corrected chi connectivity index (χ1v) is 8.78. The molecule has 0 spiro atoms. The molecule has 0 atom stereocenters. The zero-order valence-corrected chi connectivity index (χ0v) is 14.8. The number of piperidine rings is 1. The first-order valence-electron chi connectivity index (χ1n) is 8.78. The number of aromatic nitrogens is 2. The van der Waals surface area contributed by atoms with Crippen molar-refractivity contribution in [2.45, 2.75) is 25.3 Å². The molecule has 0 radical (unpaired) electrons. The predicted molar refractivity (Wildman–Crippen MR) is 97.1 cm³/mol. The molecular weight excluding hydrogens is 335 g/mol. The monoisotopic (exact) mass is 358 g/mol. The van der Waals surface area contributed by atoms with Crippen LogP contribution < -0.4 is 5.32 Å². The van der Waals surface area contributed by atoms with Crippen molar-refractivity contribution in [1.82, 2.24) is 15.1 Å². The van der Waals surface area contributed by atoms with E-state index in [1.807, 2.05) is 17.0 Å². The van der Waals surface area contributed by atoms with Crippen molar-refractivity contribution < 1.29 is 13.9 Å². The fourth-order valence-corrected chi connectivity index (χ4v) is 3.01. The molecule has 1 fully saturated rings. The van der Waals surface area contributed by atoms with Crippen LogP contribution in [0.4, 0.5) is 10.2 Å². The Balaban J connectivity index is 1.51. The number of halogens is 1. The number of nitrogens with one attached hydrogen (secondary N) is 1. The number of benzene rings is 1. The SMILES string of the molecule is COCCC(=O)N1CCC(Nc2ccc(-c3ccc(F)cc3)nn2)CC1. The standard InChI is InChI=1S/C19H23FN4O2/c1-26-13-10-19(25)24-11-8-16(9-12-24)21-18-7-6-17(22-23-18)14-2-4-15(20)5-3-14/h2-7,16H,8-13H2,1H3,(H,21,23). The number of hydrogen-bond donors (Lipinski definition) is 1. The third-order valence-electron chi connectivity index (χ3n) is 4.52. The van der Waals surface area contributed by atoms with Crippen LogP contribution in [-0.4, -0.2) is 53.9 Å². The molecule has 2 heterocycles. The minimum Gasteiger partial charge on any atom is -0.384 e. The fraction of sp³-hybridized carbons (Fsp3) is 0.421. The molecule has 1 amide bonds. The number of carbonyl (C=O) groups excluding carboxylic acids is 1. The highest BCUT2D eigenvalue weighted by Gasteiger charge is 2.22. The molecule has 0 bridgehead atoms. The Morgan fingerprint density at radius 3 is 2.54 bits per heavy atom. The van der Waals surface area contributed by atoms with Gasteiger partial charge in [0.15, 0.2) is 0 Å². The molecule has 1 saturated heterocycles. The lowest BCUT2D eigenvalue weighted by atomic mass is 10.0. The lowest BCUT2D eigenvalue weighted by Crippen LogP contribution is -2.42. The average molecular weight is 358 g/mol. The van der Waals surface area contributed by atoms with Crippen LogP contribution in [0, 0.1) is 5.82 Å². The quantitative estimate of drug-likeness (QED) is 0.860. The topological polar surface area (TPSA) is 67.3 Å². The number of amides is 1. The van der Waals surface area contributed by atoms with Gasteiger partial charge < -0.3 is 15.0 Å². The summed E-state index contributed by atoms with van der Waals surface area (Å²) >= 11 is 0. The Morgan fingerprint density at radius 2 is 1.92 bits per heavy atom. The molecule has 1 aliphatic rings. The lowest BCUT2D eigenvalue weighted by molar-refractivity contribution is -0.133. The minimum absolute atomic E-state index is 0.147. The van der Waals surface area contributed by atoms with Crippen molar-refractivity contribution in [2.75, 3.05) is 32.1 Å². The van der Waals surface area contributed by atoms with E-state index in [4.69, 9.17) is 4.74 Å². The second kappa shape index (κ2) is 8.71. The van der Waals surface area contributed by atoms with E-state index in [-0.39, 0.29) is 17.8 Å². The minimum atomic E-state index is -0.271. The van der Waals surface area contributed by atoms with Crippen LogP contribution in [-0.2, 0) is 9.53 Å². The van der Waals surface area contributed by atoms with Gasteiger partial charge in [0.1, 0.15) is 11.6 Å². The van der Waals surface area contributed by atoms with Crippen molar-refractivity contribution in [3.8, 4) is 11.3 Å². The number of nitrogens with zero attached hydrogens (tertiary/aromatic N) is 3. The van der Waals surface area contributed by atoms with Gasteiger partial charge in [-0.15, -0.1) is 10.2 Å². The molecule has 0 saturated carbocycles. The van der Waals surface area contributed by atoms with Crippen LogP contribution in [0.1, 0.15) is 19.3 Å². The van der Waals surface area contributed by atoms with Crippen LogP contribution in [0.3, 0.4) is 0 Å². The average Bonchev–Trinajstić information content (AvgIpc) is 2.68. The third kappa shape index (κ3) is 4.76. The smallest absolute Gasteiger partial charge is 0.224 e. The van der Waals surface area contributed by atoms with Gasteiger partial charge in [0.25, 0.3) is 0 Å². The van der Waals surface area contributed by atoms with E-state index in [2.05, 4.69) is 15.5 Å². The third-order valence-corrected chi connectivity index (χ3v) is 4.52. The molecular formula is C19H23FN4O2. The van der Waals surface area contributed by atoms with E-state index in [0.29, 0.717) is 24.5 Å². The molecule has 138 valence electrons. The number of likely N-dealkylation sites (tertiary alicyclic amines) is 1. The van der Waals surface area contributed by atoms with E-state index in [1.165, 1.54) is 12.1 Å². The van der Waals surface area contributed by atoms with Crippen molar-refractivity contribution in [3.05, 3.63) is 42.2 Å². The van der Waals surface area contributed by atoms with Crippen molar-refractivity contribution in [2.24, 2.45) is 0 Å². The van der Waals surface area contributed by atoms with Crippen molar-refractivity contribution >= 4 is 11.7 Å². The molecule has 7 heteroatoms. The summed E-state index contributed by atoms with van der Waals surface area (Å²) in [5, 5.41) is 11.8. The summed E-state index contributed by atoms with van der Waals surface area (Å²) in [5.74, 6) is 0.584. The van der Waals surface area contributed by atoms with Crippen LogP contribution in [0.2, 0.25) is 0 Å². The molecule has 1 aromatic heterocycles. The number of ether oxygens (including phenoxy) is 1. The van der Waals surface area contributed by atoms with Crippen LogP contribution in [0.25, 0.3) is 11.3 Å². The highest BCUT2D eigenvalue weighted by Crippen LogP contribution is 2.19. The highest BCUT2D eigenvalue weighted by molar-refractivity contribution is 5.76. The molecule has 0 aliphatic carbocycles. The number of anilines is 1. The summed E-state index contributed by atoms with van der Waals surface area (Å²) in [4.78, 5) is 13.9. The maximum absolute atomic E-state index is 13.0. The number of methoxy groups -OCH3 is 1. The van der Waals surface area contributed by atoms with Gasteiger partial charge in [-0.2, -0.15) is 0 Å². The molecule has 1 aliphatic heterocycles. The van der Waals surface area contributed by atoms with E-state index in [9.17, 15) is 9.18 Å². The summed E-state index contributed by atoms with van der Waals surface area (Å²) in [6.45, 7) is 1.94. The summed E-state index contributed by atoms with van der Waals surface area (Å²) < 4.78 is 17.9. The number of hydrogen-bond acceptors (Lipinski definition) is 5. The van der Waals surface area contributed by atoms with Crippen molar-refractivity contribution in [3.63, 3.8) is 0 Å². The van der Waals surface area contributed by atoms with E-state index in [1.54, 1.807) is 19.2 Å². The lowest BCUT2D eigenvalue weighted by Gasteiger charge is -2.32. The van der Waals surface area contributed by atoms with Gasteiger partial charge in [0.05, 0.1) is 18.7 Å². The van der Waals surface area contributed by atoms with E-state index in [0.717, 1.165) is 31.5 Å². The summed E-state index contributed by atoms with van der Waals surface area (Å²) in [6, 6.07) is 10.2. The largest absolute Gasteiger partial charge is 0.384 e. The summed E-state index contributed by atoms with van der Waals surface area (Å²) in [6.07, 6.45) is 2.19. The molecule has 6 nitrogen and oxygen atoms in total. The van der Waals surface area contributed by atoms with E-state index >= 15 is 0 Å². The van der Waals surface area contributed by atoms with Gasteiger partial charge in [-0.25, -0.2) is 4.39 Å². The second-order valence-corrected chi connectivity index (χ2v) is 6.35. The first-order chi connectivity index (χ1) is 12.7. The van der Waals surface area contributed by atoms with Gasteiger partial charge in [0.2, 0.25) is 5.91 Å². The Hall–Kier alpha value is -2.54. The Morgan fingerprint density at radius 1 is 1.19 bits per heavy atom. The zero-order valence-electron chi connectivity index (χ0n) is 14.8. The zero-order chi connectivity index (χ0) is 18.4. The number of rotatable bonds is 6. The predicted octanol–water partition coefficient (Wildman–Crippen LogP) is 2.72. The van der Waals surface area contributed by atoms with E-state index < -0.39 is 0 Å². The normalized spacial score (nSPS) is 15.1. The van der Waals surface area contributed by atoms with Gasteiger partial charge in [0, 0.05) is 31.8 Å².